The monoisotopic (exact) mass is 389 g/mol. The number of aryl methyl sites for hydroxylation is 2. The average Bonchev–Trinajstić information content (AvgIpc) is 2.70. The maximum atomic E-state index is 12.2. The third kappa shape index (κ3) is 5.71. The van der Waals surface area contributed by atoms with Gasteiger partial charge < -0.3 is 14.4 Å². The van der Waals surface area contributed by atoms with E-state index >= 15 is 0 Å². The number of halogens is 1. The van der Waals surface area contributed by atoms with E-state index in [-0.39, 0.29) is 12.2 Å². The molecule has 7 heteroatoms. The second kappa shape index (κ2) is 8.04. The number of likely N-dealkylation sites (N-methyl/N-ethyl adjacent to an activating group) is 1. The number of carbonyl (C=O) groups is 1. The molecule has 23 heavy (non-hydrogen) atoms. The van der Waals surface area contributed by atoms with Crippen molar-refractivity contribution in [2.75, 3.05) is 13.1 Å². The fourth-order valence-electron chi connectivity index (χ4n) is 2.09. The van der Waals surface area contributed by atoms with Crippen molar-refractivity contribution in [2.45, 2.75) is 59.7 Å². The first-order valence-electron chi connectivity index (χ1n) is 7.95. The summed E-state index contributed by atoms with van der Waals surface area (Å²) in [5.74, 6) is 0.676. The van der Waals surface area contributed by atoms with Crippen LogP contribution in [-0.2, 0) is 18.2 Å². The Balaban J connectivity index is 2.73. The molecule has 0 unspecified atom stereocenters. The summed E-state index contributed by atoms with van der Waals surface area (Å²) in [4.78, 5) is 13.8. The van der Waals surface area contributed by atoms with Gasteiger partial charge in [0.25, 0.3) is 0 Å². The molecule has 0 aliphatic heterocycles. The Bertz CT molecular complexity index is 537. The molecule has 0 aromatic carbocycles. The molecule has 1 aromatic rings. The van der Waals surface area contributed by atoms with Gasteiger partial charge in [-0.1, -0.05) is 6.92 Å². The predicted molar refractivity (Wildman–Crippen MR) is 93.9 cm³/mol. The third-order valence-corrected chi connectivity index (χ3v) is 3.96. The van der Waals surface area contributed by atoms with E-state index in [1.165, 1.54) is 0 Å². The number of carbonyl (C=O) groups excluding carboxylic acids is 1. The van der Waals surface area contributed by atoms with Gasteiger partial charge >= 0.3 is 6.09 Å². The lowest BCUT2D eigenvalue weighted by Crippen LogP contribution is -2.41. The van der Waals surface area contributed by atoms with Gasteiger partial charge in [-0.05, 0) is 57.0 Å². The molecule has 0 spiro atoms. The Morgan fingerprint density at radius 3 is 2.43 bits per heavy atom. The van der Waals surface area contributed by atoms with E-state index in [1.54, 1.807) is 9.58 Å². The fourth-order valence-corrected chi connectivity index (χ4v) is 2.80. The van der Waals surface area contributed by atoms with E-state index in [2.05, 4.69) is 21.0 Å². The van der Waals surface area contributed by atoms with Crippen molar-refractivity contribution in [1.29, 1.82) is 0 Å². The SMILES string of the molecule is CCc1nn(C)c(O[C@@H](C)CN(CC)C(=O)OC(C)(C)C)c1Br. The third-order valence-electron chi connectivity index (χ3n) is 3.16. The van der Waals surface area contributed by atoms with Gasteiger partial charge in [-0.2, -0.15) is 5.10 Å². The van der Waals surface area contributed by atoms with Crippen molar-refractivity contribution < 1.29 is 14.3 Å². The van der Waals surface area contributed by atoms with Crippen LogP contribution in [0.25, 0.3) is 0 Å². The minimum absolute atomic E-state index is 0.182. The van der Waals surface area contributed by atoms with E-state index in [0.717, 1.165) is 16.6 Å². The van der Waals surface area contributed by atoms with Crippen LogP contribution in [0.1, 0.15) is 47.2 Å². The van der Waals surface area contributed by atoms with E-state index < -0.39 is 5.60 Å². The first-order valence-corrected chi connectivity index (χ1v) is 8.74. The van der Waals surface area contributed by atoms with Crippen LogP contribution in [0.2, 0.25) is 0 Å². The van der Waals surface area contributed by atoms with E-state index in [0.29, 0.717) is 19.0 Å². The maximum absolute atomic E-state index is 12.2. The normalized spacial score (nSPS) is 12.9. The first kappa shape index (κ1) is 19.8. The molecule has 1 heterocycles. The van der Waals surface area contributed by atoms with Crippen LogP contribution >= 0.6 is 15.9 Å². The highest BCUT2D eigenvalue weighted by Crippen LogP contribution is 2.29. The number of aromatic nitrogens is 2. The fraction of sp³-hybridized carbons (Fsp3) is 0.750. The number of hydrogen-bond acceptors (Lipinski definition) is 4. The molecule has 0 aliphatic rings. The summed E-state index contributed by atoms with van der Waals surface area (Å²) in [5.41, 5.74) is 0.449. The van der Waals surface area contributed by atoms with Crippen molar-refractivity contribution in [1.82, 2.24) is 14.7 Å². The van der Waals surface area contributed by atoms with Crippen LogP contribution in [0.3, 0.4) is 0 Å². The Labute approximate surface area is 147 Å². The van der Waals surface area contributed by atoms with Crippen LogP contribution < -0.4 is 4.74 Å². The molecule has 1 amide bonds. The van der Waals surface area contributed by atoms with Crippen LogP contribution in [-0.4, -0.2) is 45.6 Å². The molecule has 1 atom stereocenters. The van der Waals surface area contributed by atoms with Gasteiger partial charge in [0.1, 0.15) is 16.2 Å². The van der Waals surface area contributed by atoms with Gasteiger partial charge in [-0.15, -0.1) is 0 Å². The Hall–Kier alpha value is -1.24. The summed E-state index contributed by atoms with van der Waals surface area (Å²) in [6.45, 7) is 12.5. The summed E-state index contributed by atoms with van der Waals surface area (Å²) >= 11 is 3.53. The second-order valence-corrected chi connectivity index (χ2v) is 7.28. The lowest BCUT2D eigenvalue weighted by molar-refractivity contribution is 0.0187. The van der Waals surface area contributed by atoms with Crippen molar-refractivity contribution in [2.24, 2.45) is 7.05 Å². The van der Waals surface area contributed by atoms with Crippen molar-refractivity contribution in [3.63, 3.8) is 0 Å². The molecule has 0 fully saturated rings. The Morgan fingerprint density at radius 1 is 1.39 bits per heavy atom. The minimum atomic E-state index is -0.504. The summed E-state index contributed by atoms with van der Waals surface area (Å²) in [5, 5.41) is 4.40. The zero-order valence-corrected chi connectivity index (χ0v) is 16.7. The number of amides is 1. The summed E-state index contributed by atoms with van der Waals surface area (Å²) < 4.78 is 14.0. The molecule has 6 nitrogen and oxygen atoms in total. The number of rotatable bonds is 6. The molecular formula is C16H28BrN3O3. The van der Waals surface area contributed by atoms with Crippen molar-refractivity contribution in [3.8, 4) is 5.88 Å². The van der Waals surface area contributed by atoms with Crippen LogP contribution in [0.4, 0.5) is 4.79 Å². The largest absolute Gasteiger partial charge is 0.472 e. The predicted octanol–water partition coefficient (Wildman–Crippen LogP) is 3.77. The lowest BCUT2D eigenvalue weighted by Gasteiger charge is -2.28. The molecule has 0 saturated heterocycles. The Morgan fingerprint density at radius 2 is 2.00 bits per heavy atom. The second-order valence-electron chi connectivity index (χ2n) is 6.49. The smallest absolute Gasteiger partial charge is 0.410 e. The molecule has 1 aromatic heterocycles. The van der Waals surface area contributed by atoms with E-state index in [1.807, 2.05) is 48.6 Å². The zero-order chi connectivity index (χ0) is 17.8. The van der Waals surface area contributed by atoms with Gasteiger partial charge in [-0.3, -0.25) is 0 Å². The zero-order valence-electron chi connectivity index (χ0n) is 15.1. The van der Waals surface area contributed by atoms with Gasteiger partial charge in [-0.25, -0.2) is 9.48 Å². The minimum Gasteiger partial charge on any atom is -0.472 e. The van der Waals surface area contributed by atoms with Gasteiger partial charge in [0.2, 0.25) is 5.88 Å². The summed E-state index contributed by atoms with van der Waals surface area (Å²) in [6, 6.07) is 0. The molecule has 0 aliphatic carbocycles. The molecule has 0 saturated carbocycles. The number of hydrogen-bond donors (Lipinski definition) is 0. The molecule has 0 bridgehead atoms. The van der Waals surface area contributed by atoms with Gasteiger partial charge in [0.15, 0.2) is 0 Å². The van der Waals surface area contributed by atoms with Crippen molar-refractivity contribution >= 4 is 22.0 Å². The average molecular weight is 390 g/mol. The molecule has 1 rings (SSSR count). The quantitative estimate of drug-likeness (QED) is 0.742. The highest BCUT2D eigenvalue weighted by molar-refractivity contribution is 9.10. The molecule has 132 valence electrons. The molecule has 0 radical (unpaired) electrons. The van der Waals surface area contributed by atoms with Crippen LogP contribution in [0, 0.1) is 0 Å². The highest BCUT2D eigenvalue weighted by atomic mass is 79.9. The van der Waals surface area contributed by atoms with Crippen LogP contribution in [0.5, 0.6) is 5.88 Å². The molecule has 0 N–H and O–H groups in total. The number of nitrogens with zero attached hydrogens (tertiary/aromatic N) is 3. The van der Waals surface area contributed by atoms with Crippen LogP contribution in [0.15, 0.2) is 4.47 Å². The summed E-state index contributed by atoms with van der Waals surface area (Å²) in [7, 11) is 1.84. The topological polar surface area (TPSA) is 56.6 Å². The first-order chi connectivity index (χ1) is 10.6. The van der Waals surface area contributed by atoms with Crippen molar-refractivity contribution in [3.05, 3.63) is 10.2 Å². The highest BCUT2D eigenvalue weighted by Gasteiger charge is 2.24. The Kier molecular flexibility index (Phi) is 6.92. The molecular weight excluding hydrogens is 362 g/mol. The number of ether oxygens (including phenoxy) is 2. The van der Waals surface area contributed by atoms with E-state index in [9.17, 15) is 4.79 Å². The lowest BCUT2D eigenvalue weighted by atomic mass is 10.2. The van der Waals surface area contributed by atoms with Gasteiger partial charge in [0, 0.05) is 13.6 Å². The summed E-state index contributed by atoms with van der Waals surface area (Å²) in [6.07, 6.45) is 0.318. The van der Waals surface area contributed by atoms with E-state index in [4.69, 9.17) is 9.47 Å². The standard InChI is InChI=1S/C16H28BrN3O3/c1-8-12-13(17)14(19(7)18-12)22-11(3)10-20(9-2)15(21)23-16(4,5)6/h11H,8-10H2,1-7H3/t11-/m0/s1. The van der Waals surface area contributed by atoms with Gasteiger partial charge in [0.05, 0.1) is 12.2 Å². The maximum Gasteiger partial charge on any atom is 0.410 e.